The topological polar surface area (TPSA) is 78.4 Å². The first-order valence-corrected chi connectivity index (χ1v) is 8.84. The van der Waals surface area contributed by atoms with Gasteiger partial charge in [-0.15, -0.1) is 0 Å². The van der Waals surface area contributed by atoms with Crippen molar-refractivity contribution >= 4 is 29.2 Å². The maximum Gasteiger partial charge on any atom is 0.246 e. The highest BCUT2D eigenvalue weighted by molar-refractivity contribution is 6.29. The molecule has 0 fully saturated rings. The van der Waals surface area contributed by atoms with Crippen LogP contribution in [0.25, 0.3) is 0 Å². The van der Waals surface area contributed by atoms with E-state index in [1.165, 1.54) is 0 Å². The number of hydrogen-bond acceptors (Lipinski definition) is 3. The number of carbonyl (C=O) groups is 1. The molecule has 0 radical (unpaired) electrons. The number of halogens is 4. The van der Waals surface area contributed by atoms with Gasteiger partial charge in [-0.1, -0.05) is 17.7 Å². The third-order valence-corrected chi connectivity index (χ3v) is 3.75. The van der Waals surface area contributed by atoms with Crippen LogP contribution in [0.5, 0.6) is 0 Å². The summed E-state index contributed by atoms with van der Waals surface area (Å²) >= 11 is 5.74. The minimum Gasteiger partial charge on any atom is -0.357 e. The van der Waals surface area contributed by atoms with E-state index in [9.17, 15) is 18.0 Å². The molecule has 2 rings (SSSR count). The van der Waals surface area contributed by atoms with Crippen molar-refractivity contribution < 1.29 is 18.0 Å². The molecule has 2 aromatic rings. The molecule has 28 heavy (non-hydrogen) atoms. The van der Waals surface area contributed by atoms with Gasteiger partial charge < -0.3 is 16.0 Å². The molecule has 1 heterocycles. The Labute approximate surface area is 165 Å². The normalized spacial score (nSPS) is 11.2. The minimum absolute atomic E-state index is 0.337. The van der Waals surface area contributed by atoms with Crippen LogP contribution >= 0.6 is 11.6 Å². The molecule has 0 aliphatic carbocycles. The Bertz CT molecular complexity index is 846. The van der Waals surface area contributed by atoms with Crippen molar-refractivity contribution in [3.63, 3.8) is 0 Å². The number of amides is 1. The van der Waals surface area contributed by atoms with E-state index in [1.54, 1.807) is 12.3 Å². The van der Waals surface area contributed by atoms with E-state index < -0.39 is 29.0 Å². The molecule has 10 heteroatoms. The van der Waals surface area contributed by atoms with Gasteiger partial charge in [0, 0.05) is 19.3 Å². The van der Waals surface area contributed by atoms with Gasteiger partial charge in [-0.25, -0.2) is 23.1 Å². The second-order valence-corrected chi connectivity index (χ2v) is 6.02. The third kappa shape index (κ3) is 6.41. The molecule has 6 nitrogen and oxygen atoms in total. The van der Waals surface area contributed by atoms with Crippen molar-refractivity contribution in [2.45, 2.75) is 13.3 Å². The van der Waals surface area contributed by atoms with Crippen molar-refractivity contribution in [1.82, 2.24) is 15.6 Å². The summed E-state index contributed by atoms with van der Waals surface area (Å²) in [6.45, 7) is 2.61. The molecule has 0 unspecified atom stereocenters. The fraction of sp³-hybridized carbons (Fsp3) is 0.278. The molecule has 0 bridgehead atoms. The van der Waals surface area contributed by atoms with Gasteiger partial charge in [-0.2, -0.15) is 0 Å². The number of hydrogen-bond donors (Lipinski definition) is 3. The molecule has 0 saturated heterocycles. The fourth-order valence-corrected chi connectivity index (χ4v) is 2.30. The van der Waals surface area contributed by atoms with Gasteiger partial charge in [0.15, 0.2) is 23.4 Å². The SMILES string of the molecule is CCNC(=NCC(=O)Nc1ccc(F)c(F)c1F)NCCc1ccc(Cl)nc1. The number of benzene rings is 1. The van der Waals surface area contributed by atoms with Crippen LogP contribution in [-0.4, -0.2) is 36.5 Å². The summed E-state index contributed by atoms with van der Waals surface area (Å²) in [4.78, 5) is 20.0. The van der Waals surface area contributed by atoms with E-state index in [2.05, 4.69) is 25.9 Å². The maximum atomic E-state index is 13.6. The average Bonchev–Trinajstić information content (AvgIpc) is 2.68. The molecule has 0 atom stereocenters. The van der Waals surface area contributed by atoms with Crippen molar-refractivity contribution in [1.29, 1.82) is 0 Å². The maximum absolute atomic E-state index is 13.6. The summed E-state index contributed by atoms with van der Waals surface area (Å²) in [6.07, 6.45) is 2.32. The Morgan fingerprint density at radius 1 is 1.14 bits per heavy atom. The highest BCUT2D eigenvalue weighted by Gasteiger charge is 2.15. The zero-order valence-electron chi connectivity index (χ0n) is 15.0. The molecule has 0 aliphatic heterocycles. The lowest BCUT2D eigenvalue weighted by atomic mass is 10.2. The van der Waals surface area contributed by atoms with Crippen molar-refractivity contribution in [3.8, 4) is 0 Å². The Balaban J connectivity index is 1.89. The second-order valence-electron chi connectivity index (χ2n) is 5.63. The van der Waals surface area contributed by atoms with E-state index in [0.29, 0.717) is 30.6 Å². The molecular weight excluding hydrogens is 395 g/mol. The summed E-state index contributed by atoms with van der Waals surface area (Å²) in [6, 6.07) is 5.22. The Morgan fingerprint density at radius 2 is 1.93 bits per heavy atom. The number of guanidine groups is 1. The number of aromatic nitrogens is 1. The Hall–Kier alpha value is -2.81. The zero-order chi connectivity index (χ0) is 20.5. The number of nitrogens with one attached hydrogen (secondary N) is 3. The van der Waals surface area contributed by atoms with Crippen molar-refractivity contribution in [3.05, 3.63) is 58.6 Å². The van der Waals surface area contributed by atoms with Crippen LogP contribution in [0.3, 0.4) is 0 Å². The first kappa shape index (κ1) is 21.5. The van der Waals surface area contributed by atoms with Crippen molar-refractivity contribution in [2.75, 3.05) is 25.0 Å². The fourth-order valence-electron chi connectivity index (χ4n) is 2.18. The molecule has 1 aromatic heterocycles. The average molecular weight is 414 g/mol. The molecular formula is C18H19ClF3N5O. The number of rotatable bonds is 7. The summed E-state index contributed by atoms with van der Waals surface area (Å²) in [5, 5.41) is 8.58. The molecule has 0 spiro atoms. The Kier molecular flexibility index (Phi) is 8.06. The largest absolute Gasteiger partial charge is 0.357 e. The molecule has 1 aromatic carbocycles. The van der Waals surface area contributed by atoms with Gasteiger partial charge in [0.25, 0.3) is 0 Å². The van der Waals surface area contributed by atoms with Crippen LogP contribution in [0.4, 0.5) is 18.9 Å². The predicted molar refractivity (Wildman–Crippen MR) is 102 cm³/mol. The van der Waals surface area contributed by atoms with Crippen LogP contribution in [0.2, 0.25) is 5.15 Å². The standard InChI is InChI=1S/C18H19ClF3N5O/c1-2-23-18(24-8-7-11-3-6-14(19)25-9-11)26-10-15(28)27-13-5-4-12(20)16(21)17(13)22/h3-6,9H,2,7-8,10H2,1H3,(H,27,28)(H2,23,24,26). The van der Waals surface area contributed by atoms with Gasteiger partial charge in [0.05, 0.1) is 5.69 Å². The summed E-state index contributed by atoms with van der Waals surface area (Å²) in [5.41, 5.74) is 0.520. The molecule has 3 N–H and O–H groups in total. The third-order valence-electron chi connectivity index (χ3n) is 3.53. The van der Waals surface area contributed by atoms with Crippen LogP contribution in [0.15, 0.2) is 35.5 Å². The van der Waals surface area contributed by atoms with Gasteiger partial charge in [-0.3, -0.25) is 4.79 Å². The lowest BCUT2D eigenvalue weighted by molar-refractivity contribution is -0.114. The molecule has 0 aliphatic rings. The summed E-state index contributed by atoms with van der Waals surface area (Å²) < 4.78 is 39.7. The number of anilines is 1. The number of carbonyl (C=O) groups excluding carboxylic acids is 1. The first-order valence-electron chi connectivity index (χ1n) is 8.46. The summed E-state index contributed by atoms with van der Waals surface area (Å²) in [5.74, 6) is -4.73. The highest BCUT2D eigenvalue weighted by atomic mass is 35.5. The van der Waals surface area contributed by atoms with E-state index >= 15 is 0 Å². The van der Waals surface area contributed by atoms with Gasteiger partial charge in [0.1, 0.15) is 11.7 Å². The second kappa shape index (κ2) is 10.5. The number of pyridine rings is 1. The minimum atomic E-state index is -1.65. The number of aliphatic imine (C=N–C) groups is 1. The van der Waals surface area contributed by atoms with Crippen LogP contribution in [-0.2, 0) is 11.2 Å². The van der Waals surface area contributed by atoms with Gasteiger partial charge in [0.2, 0.25) is 5.91 Å². The lowest BCUT2D eigenvalue weighted by Gasteiger charge is -2.11. The van der Waals surface area contributed by atoms with Crippen molar-refractivity contribution in [2.24, 2.45) is 4.99 Å². The van der Waals surface area contributed by atoms with E-state index in [-0.39, 0.29) is 6.54 Å². The molecule has 0 saturated carbocycles. The summed E-state index contributed by atoms with van der Waals surface area (Å²) in [7, 11) is 0. The van der Waals surface area contributed by atoms with Crippen LogP contribution < -0.4 is 16.0 Å². The molecule has 1 amide bonds. The van der Waals surface area contributed by atoms with Crippen LogP contribution in [0.1, 0.15) is 12.5 Å². The van der Waals surface area contributed by atoms with E-state index in [4.69, 9.17) is 11.6 Å². The van der Waals surface area contributed by atoms with Gasteiger partial charge >= 0.3 is 0 Å². The quantitative estimate of drug-likeness (QED) is 0.282. The van der Waals surface area contributed by atoms with E-state index in [0.717, 1.165) is 17.7 Å². The Morgan fingerprint density at radius 3 is 2.61 bits per heavy atom. The predicted octanol–water partition coefficient (Wildman–Crippen LogP) is 2.89. The van der Waals surface area contributed by atoms with Gasteiger partial charge in [-0.05, 0) is 37.1 Å². The first-order chi connectivity index (χ1) is 13.4. The number of nitrogens with zero attached hydrogens (tertiary/aromatic N) is 2. The van der Waals surface area contributed by atoms with E-state index in [1.807, 2.05) is 13.0 Å². The monoisotopic (exact) mass is 413 g/mol. The highest BCUT2D eigenvalue weighted by Crippen LogP contribution is 2.19. The smallest absolute Gasteiger partial charge is 0.246 e. The van der Waals surface area contributed by atoms with Crippen LogP contribution in [0, 0.1) is 17.5 Å². The zero-order valence-corrected chi connectivity index (χ0v) is 15.8. The molecule has 150 valence electrons. The lowest BCUT2D eigenvalue weighted by Crippen LogP contribution is -2.39.